The van der Waals surface area contributed by atoms with Crippen LogP contribution in [-0.2, 0) is 4.79 Å². The van der Waals surface area contributed by atoms with Crippen LogP contribution in [0.2, 0.25) is 0 Å². The Morgan fingerprint density at radius 2 is 2.40 bits per heavy atom. The normalized spacial score (nSPS) is 9.73. The van der Waals surface area contributed by atoms with E-state index in [0.29, 0.717) is 12.3 Å². The molecule has 1 heterocycles. The Morgan fingerprint density at radius 1 is 1.60 bits per heavy atom. The summed E-state index contributed by atoms with van der Waals surface area (Å²) in [5.41, 5.74) is 0. The standard InChI is InChI=1S/C10H13FN2O2/c1-2-5-12-10(14)7-15-8-3-4-9(11)13-6-8/h3-4,6H,2,5,7H2,1H3,(H,12,14). The fourth-order valence-electron chi connectivity index (χ4n) is 0.912. The molecule has 0 atom stereocenters. The van der Waals surface area contributed by atoms with Gasteiger partial charge in [0.05, 0.1) is 6.20 Å². The molecule has 82 valence electrons. The van der Waals surface area contributed by atoms with Gasteiger partial charge in [0.15, 0.2) is 6.61 Å². The molecule has 1 amide bonds. The van der Waals surface area contributed by atoms with Gasteiger partial charge in [-0.2, -0.15) is 4.39 Å². The Hall–Kier alpha value is -1.65. The molecule has 15 heavy (non-hydrogen) atoms. The third kappa shape index (κ3) is 4.39. The predicted molar refractivity (Wildman–Crippen MR) is 53.0 cm³/mol. The van der Waals surface area contributed by atoms with Crippen LogP contribution in [0.5, 0.6) is 5.75 Å². The van der Waals surface area contributed by atoms with Crippen LogP contribution in [0.1, 0.15) is 13.3 Å². The lowest BCUT2D eigenvalue weighted by Crippen LogP contribution is -2.29. The minimum absolute atomic E-state index is 0.0761. The number of carbonyl (C=O) groups is 1. The second-order valence-corrected chi connectivity index (χ2v) is 2.96. The van der Waals surface area contributed by atoms with Gasteiger partial charge in [0.2, 0.25) is 5.95 Å². The number of hydrogen-bond donors (Lipinski definition) is 1. The van der Waals surface area contributed by atoms with Crippen molar-refractivity contribution < 1.29 is 13.9 Å². The zero-order chi connectivity index (χ0) is 11.1. The van der Waals surface area contributed by atoms with Crippen molar-refractivity contribution in [2.75, 3.05) is 13.2 Å². The molecule has 5 heteroatoms. The molecular weight excluding hydrogens is 199 g/mol. The number of amides is 1. The van der Waals surface area contributed by atoms with Crippen LogP contribution in [-0.4, -0.2) is 24.0 Å². The first-order chi connectivity index (χ1) is 7.22. The summed E-state index contributed by atoms with van der Waals surface area (Å²) in [4.78, 5) is 14.5. The number of rotatable bonds is 5. The first-order valence-corrected chi connectivity index (χ1v) is 4.73. The van der Waals surface area contributed by atoms with E-state index in [1.165, 1.54) is 18.3 Å². The Bertz CT molecular complexity index is 314. The monoisotopic (exact) mass is 212 g/mol. The van der Waals surface area contributed by atoms with Gasteiger partial charge in [0, 0.05) is 6.54 Å². The Morgan fingerprint density at radius 3 is 3.00 bits per heavy atom. The highest BCUT2D eigenvalue weighted by atomic mass is 19.1. The zero-order valence-electron chi connectivity index (χ0n) is 8.50. The fourth-order valence-corrected chi connectivity index (χ4v) is 0.912. The lowest BCUT2D eigenvalue weighted by atomic mass is 10.4. The minimum Gasteiger partial charge on any atom is -0.482 e. The number of aromatic nitrogens is 1. The predicted octanol–water partition coefficient (Wildman–Crippen LogP) is 1.13. The van der Waals surface area contributed by atoms with Crippen molar-refractivity contribution in [3.05, 3.63) is 24.3 Å². The SMILES string of the molecule is CCCNC(=O)COc1ccc(F)nc1. The summed E-state index contributed by atoms with van der Waals surface area (Å²) < 4.78 is 17.5. The van der Waals surface area contributed by atoms with Gasteiger partial charge in [-0.05, 0) is 18.6 Å². The van der Waals surface area contributed by atoms with E-state index in [1.54, 1.807) is 0 Å². The first-order valence-electron chi connectivity index (χ1n) is 4.73. The second-order valence-electron chi connectivity index (χ2n) is 2.96. The quantitative estimate of drug-likeness (QED) is 0.744. The molecular formula is C10H13FN2O2. The van der Waals surface area contributed by atoms with Gasteiger partial charge in [0.25, 0.3) is 5.91 Å². The van der Waals surface area contributed by atoms with E-state index in [-0.39, 0.29) is 12.5 Å². The van der Waals surface area contributed by atoms with E-state index in [2.05, 4.69) is 10.3 Å². The van der Waals surface area contributed by atoms with E-state index in [1.807, 2.05) is 6.92 Å². The summed E-state index contributed by atoms with van der Waals surface area (Å²) in [5, 5.41) is 2.66. The number of pyridine rings is 1. The summed E-state index contributed by atoms with van der Waals surface area (Å²) in [6.07, 6.45) is 2.12. The summed E-state index contributed by atoms with van der Waals surface area (Å²) in [7, 11) is 0. The molecule has 4 nitrogen and oxygen atoms in total. The van der Waals surface area contributed by atoms with Crippen LogP contribution in [0.25, 0.3) is 0 Å². The number of nitrogens with one attached hydrogen (secondary N) is 1. The van der Waals surface area contributed by atoms with Crippen molar-refractivity contribution >= 4 is 5.91 Å². The fraction of sp³-hybridized carbons (Fsp3) is 0.400. The molecule has 1 rings (SSSR count). The first kappa shape index (κ1) is 11.4. The Labute approximate surface area is 87.5 Å². The third-order valence-corrected chi connectivity index (χ3v) is 1.64. The van der Waals surface area contributed by atoms with Crippen LogP contribution in [0.3, 0.4) is 0 Å². The Balaban J connectivity index is 2.30. The lowest BCUT2D eigenvalue weighted by Gasteiger charge is -2.05. The highest BCUT2D eigenvalue weighted by Crippen LogP contribution is 2.07. The number of nitrogens with zero attached hydrogens (tertiary/aromatic N) is 1. The summed E-state index contributed by atoms with van der Waals surface area (Å²) in [6.45, 7) is 2.52. The maximum Gasteiger partial charge on any atom is 0.257 e. The molecule has 0 fully saturated rings. The molecule has 0 aliphatic rings. The van der Waals surface area contributed by atoms with E-state index < -0.39 is 5.95 Å². The molecule has 1 aromatic rings. The largest absolute Gasteiger partial charge is 0.482 e. The van der Waals surface area contributed by atoms with E-state index in [0.717, 1.165) is 6.42 Å². The van der Waals surface area contributed by atoms with E-state index in [9.17, 15) is 9.18 Å². The summed E-state index contributed by atoms with van der Waals surface area (Å²) >= 11 is 0. The van der Waals surface area contributed by atoms with Crippen molar-refractivity contribution in [2.45, 2.75) is 13.3 Å². The van der Waals surface area contributed by atoms with Crippen molar-refractivity contribution in [1.29, 1.82) is 0 Å². The summed E-state index contributed by atoms with van der Waals surface area (Å²) in [6, 6.07) is 2.61. The molecule has 0 bridgehead atoms. The molecule has 0 spiro atoms. The molecule has 1 N–H and O–H groups in total. The zero-order valence-corrected chi connectivity index (χ0v) is 8.50. The molecule has 1 aromatic heterocycles. The van der Waals surface area contributed by atoms with Gasteiger partial charge >= 0.3 is 0 Å². The molecule has 0 saturated heterocycles. The summed E-state index contributed by atoms with van der Waals surface area (Å²) in [5.74, 6) is -0.387. The number of hydrogen-bond acceptors (Lipinski definition) is 3. The Kier molecular flexibility index (Phi) is 4.53. The maximum absolute atomic E-state index is 12.4. The van der Waals surface area contributed by atoms with Gasteiger partial charge in [-0.15, -0.1) is 0 Å². The van der Waals surface area contributed by atoms with Crippen LogP contribution in [0.4, 0.5) is 4.39 Å². The second kappa shape index (κ2) is 5.95. The lowest BCUT2D eigenvalue weighted by molar-refractivity contribution is -0.123. The molecule has 0 unspecified atom stereocenters. The van der Waals surface area contributed by atoms with Crippen LogP contribution < -0.4 is 10.1 Å². The van der Waals surface area contributed by atoms with Gasteiger partial charge < -0.3 is 10.1 Å². The molecule has 0 aromatic carbocycles. The number of halogens is 1. The van der Waals surface area contributed by atoms with Crippen molar-refractivity contribution in [3.63, 3.8) is 0 Å². The van der Waals surface area contributed by atoms with Gasteiger partial charge in [-0.1, -0.05) is 6.92 Å². The van der Waals surface area contributed by atoms with Crippen molar-refractivity contribution in [2.24, 2.45) is 0 Å². The third-order valence-electron chi connectivity index (χ3n) is 1.64. The van der Waals surface area contributed by atoms with Crippen molar-refractivity contribution in [1.82, 2.24) is 10.3 Å². The highest BCUT2D eigenvalue weighted by molar-refractivity contribution is 5.77. The number of ether oxygens (including phenoxy) is 1. The van der Waals surface area contributed by atoms with Gasteiger partial charge in [-0.25, -0.2) is 4.98 Å². The average Bonchev–Trinajstić information content (AvgIpc) is 2.25. The number of carbonyl (C=O) groups excluding carboxylic acids is 1. The molecule has 0 aliphatic heterocycles. The highest BCUT2D eigenvalue weighted by Gasteiger charge is 2.01. The molecule has 0 radical (unpaired) electrons. The average molecular weight is 212 g/mol. The van der Waals surface area contributed by atoms with Crippen LogP contribution in [0.15, 0.2) is 18.3 Å². The minimum atomic E-state index is -0.571. The van der Waals surface area contributed by atoms with E-state index >= 15 is 0 Å². The van der Waals surface area contributed by atoms with Gasteiger partial charge in [-0.3, -0.25) is 4.79 Å². The molecule has 0 aliphatic carbocycles. The van der Waals surface area contributed by atoms with Gasteiger partial charge in [0.1, 0.15) is 5.75 Å². The van der Waals surface area contributed by atoms with Crippen molar-refractivity contribution in [3.8, 4) is 5.75 Å². The van der Waals surface area contributed by atoms with E-state index in [4.69, 9.17) is 4.74 Å². The maximum atomic E-state index is 12.4. The van der Waals surface area contributed by atoms with Crippen LogP contribution >= 0.6 is 0 Å². The smallest absolute Gasteiger partial charge is 0.257 e. The van der Waals surface area contributed by atoms with Crippen LogP contribution in [0, 0.1) is 5.95 Å². The molecule has 0 saturated carbocycles. The topological polar surface area (TPSA) is 51.2 Å².